The Kier molecular flexibility index (Phi) is 3.79. The first-order chi connectivity index (χ1) is 7.81. The van der Waals surface area contributed by atoms with Gasteiger partial charge in [0.2, 0.25) is 0 Å². The Morgan fingerprint density at radius 1 is 1.38 bits per heavy atom. The number of benzene rings is 1. The molecule has 1 heteroatoms. The van der Waals surface area contributed by atoms with Crippen molar-refractivity contribution >= 4 is 6.08 Å². The number of aryl methyl sites for hydroxylation is 1. The van der Waals surface area contributed by atoms with Crippen molar-refractivity contribution < 1.29 is 5.11 Å². The van der Waals surface area contributed by atoms with E-state index in [1.54, 1.807) is 0 Å². The molecule has 2 rings (SSSR count). The summed E-state index contributed by atoms with van der Waals surface area (Å²) in [6, 6.07) is 6.47. The summed E-state index contributed by atoms with van der Waals surface area (Å²) in [5, 5.41) is 9.88. The van der Waals surface area contributed by atoms with Crippen LogP contribution in [0, 0.1) is 0 Å². The lowest BCUT2D eigenvalue weighted by molar-refractivity contribution is 0.164. The SMILES string of the molecule is CCCC(O)Cc1cccc2c1C=CCC2. The smallest absolute Gasteiger partial charge is 0.0580 e. The molecule has 1 aromatic rings. The van der Waals surface area contributed by atoms with Crippen LogP contribution in [-0.4, -0.2) is 11.2 Å². The van der Waals surface area contributed by atoms with Gasteiger partial charge in [0.15, 0.2) is 0 Å². The van der Waals surface area contributed by atoms with E-state index in [9.17, 15) is 5.11 Å². The van der Waals surface area contributed by atoms with Gasteiger partial charge in [-0.15, -0.1) is 0 Å². The predicted molar refractivity (Wildman–Crippen MR) is 68.4 cm³/mol. The highest BCUT2D eigenvalue weighted by Gasteiger charge is 2.11. The largest absolute Gasteiger partial charge is 0.393 e. The molecule has 16 heavy (non-hydrogen) atoms. The van der Waals surface area contributed by atoms with Crippen LogP contribution in [0.25, 0.3) is 6.08 Å². The van der Waals surface area contributed by atoms with Crippen LogP contribution in [-0.2, 0) is 12.8 Å². The molecule has 1 unspecified atom stereocenters. The summed E-state index contributed by atoms with van der Waals surface area (Å²) in [7, 11) is 0. The molecule has 0 fully saturated rings. The van der Waals surface area contributed by atoms with Crippen molar-refractivity contribution in [2.45, 2.75) is 45.1 Å². The molecule has 1 aliphatic rings. The van der Waals surface area contributed by atoms with Gasteiger partial charge >= 0.3 is 0 Å². The van der Waals surface area contributed by atoms with E-state index in [1.807, 2.05) is 0 Å². The summed E-state index contributed by atoms with van der Waals surface area (Å²) in [5.74, 6) is 0. The molecule has 1 N–H and O–H groups in total. The van der Waals surface area contributed by atoms with Gasteiger partial charge in [0.25, 0.3) is 0 Å². The topological polar surface area (TPSA) is 20.2 Å². The highest BCUT2D eigenvalue weighted by Crippen LogP contribution is 2.24. The van der Waals surface area contributed by atoms with Crippen molar-refractivity contribution in [2.24, 2.45) is 0 Å². The first-order valence-electron chi connectivity index (χ1n) is 6.26. The van der Waals surface area contributed by atoms with E-state index in [2.05, 4.69) is 37.3 Å². The molecule has 1 atom stereocenters. The molecule has 0 heterocycles. The first-order valence-corrected chi connectivity index (χ1v) is 6.26. The highest BCUT2D eigenvalue weighted by molar-refractivity contribution is 5.60. The standard InChI is InChI=1S/C15H20O/c1-2-6-14(16)11-13-9-5-8-12-7-3-4-10-15(12)13/h4-5,8-10,14,16H,2-3,6-7,11H2,1H3. The van der Waals surface area contributed by atoms with Gasteiger partial charge in [-0.3, -0.25) is 0 Å². The Morgan fingerprint density at radius 2 is 2.25 bits per heavy atom. The molecule has 0 saturated carbocycles. The van der Waals surface area contributed by atoms with E-state index in [4.69, 9.17) is 0 Å². The summed E-state index contributed by atoms with van der Waals surface area (Å²) >= 11 is 0. The summed E-state index contributed by atoms with van der Waals surface area (Å²) in [6.45, 7) is 2.11. The van der Waals surface area contributed by atoms with Crippen LogP contribution in [0.1, 0.15) is 42.9 Å². The zero-order chi connectivity index (χ0) is 11.4. The summed E-state index contributed by atoms with van der Waals surface area (Å²) in [5.41, 5.74) is 4.09. The Labute approximate surface area is 97.8 Å². The quantitative estimate of drug-likeness (QED) is 0.818. The molecule has 0 aromatic heterocycles. The maximum atomic E-state index is 9.88. The van der Waals surface area contributed by atoms with Crippen molar-refractivity contribution in [3.05, 3.63) is 41.0 Å². The average Bonchev–Trinajstić information content (AvgIpc) is 2.30. The number of rotatable bonds is 4. The van der Waals surface area contributed by atoms with Crippen LogP contribution in [0.3, 0.4) is 0 Å². The molecular formula is C15H20O. The molecule has 1 aromatic carbocycles. The fourth-order valence-corrected chi connectivity index (χ4v) is 2.41. The van der Waals surface area contributed by atoms with Crippen LogP contribution in [0.5, 0.6) is 0 Å². The number of hydrogen-bond acceptors (Lipinski definition) is 1. The van der Waals surface area contributed by atoms with Crippen molar-refractivity contribution in [3.8, 4) is 0 Å². The Bertz CT molecular complexity index is 379. The fourth-order valence-electron chi connectivity index (χ4n) is 2.41. The Hall–Kier alpha value is -1.08. The van der Waals surface area contributed by atoms with Gasteiger partial charge in [-0.2, -0.15) is 0 Å². The number of fused-ring (bicyclic) bond motifs is 1. The van der Waals surface area contributed by atoms with E-state index < -0.39 is 0 Å². The number of aliphatic hydroxyl groups excluding tert-OH is 1. The average molecular weight is 216 g/mol. The second-order valence-electron chi connectivity index (χ2n) is 4.58. The van der Waals surface area contributed by atoms with E-state index in [0.717, 1.165) is 32.1 Å². The normalized spacial score (nSPS) is 15.9. The molecule has 0 amide bonds. The van der Waals surface area contributed by atoms with Crippen molar-refractivity contribution in [1.29, 1.82) is 0 Å². The molecule has 0 saturated heterocycles. The third-order valence-electron chi connectivity index (χ3n) is 3.23. The summed E-state index contributed by atoms with van der Waals surface area (Å²) in [6.07, 6.45) is 9.29. The number of allylic oxidation sites excluding steroid dienone is 1. The van der Waals surface area contributed by atoms with Crippen LogP contribution in [0.2, 0.25) is 0 Å². The molecule has 0 aliphatic heterocycles. The number of hydrogen-bond donors (Lipinski definition) is 1. The first kappa shape index (κ1) is 11.4. The van der Waals surface area contributed by atoms with E-state index >= 15 is 0 Å². The summed E-state index contributed by atoms with van der Waals surface area (Å²) in [4.78, 5) is 0. The molecule has 0 radical (unpaired) electrons. The van der Waals surface area contributed by atoms with E-state index in [0.29, 0.717) is 0 Å². The van der Waals surface area contributed by atoms with Gasteiger partial charge in [-0.1, -0.05) is 43.7 Å². The van der Waals surface area contributed by atoms with Crippen molar-refractivity contribution in [2.75, 3.05) is 0 Å². The number of aliphatic hydroxyl groups is 1. The lowest BCUT2D eigenvalue weighted by Crippen LogP contribution is -2.11. The predicted octanol–water partition coefficient (Wildman–Crippen LogP) is 3.35. The molecular weight excluding hydrogens is 196 g/mol. The molecule has 1 aliphatic carbocycles. The van der Waals surface area contributed by atoms with E-state index in [-0.39, 0.29) is 6.10 Å². The van der Waals surface area contributed by atoms with Crippen LogP contribution >= 0.6 is 0 Å². The maximum absolute atomic E-state index is 9.88. The Morgan fingerprint density at radius 3 is 3.06 bits per heavy atom. The van der Waals surface area contributed by atoms with E-state index in [1.165, 1.54) is 16.7 Å². The minimum atomic E-state index is -0.188. The van der Waals surface area contributed by atoms with Gasteiger partial charge in [0.05, 0.1) is 6.10 Å². The Balaban J connectivity index is 2.19. The van der Waals surface area contributed by atoms with Crippen LogP contribution in [0.4, 0.5) is 0 Å². The molecule has 86 valence electrons. The lowest BCUT2D eigenvalue weighted by Gasteiger charge is -2.17. The van der Waals surface area contributed by atoms with Gasteiger partial charge in [-0.25, -0.2) is 0 Å². The fraction of sp³-hybridized carbons (Fsp3) is 0.467. The second-order valence-corrected chi connectivity index (χ2v) is 4.58. The van der Waals surface area contributed by atoms with Crippen molar-refractivity contribution in [1.82, 2.24) is 0 Å². The third-order valence-corrected chi connectivity index (χ3v) is 3.23. The van der Waals surface area contributed by atoms with Gasteiger partial charge in [0, 0.05) is 0 Å². The van der Waals surface area contributed by atoms with Crippen molar-refractivity contribution in [3.63, 3.8) is 0 Å². The maximum Gasteiger partial charge on any atom is 0.0580 e. The summed E-state index contributed by atoms with van der Waals surface area (Å²) < 4.78 is 0. The zero-order valence-corrected chi connectivity index (χ0v) is 9.95. The minimum absolute atomic E-state index is 0.188. The second kappa shape index (κ2) is 5.31. The monoisotopic (exact) mass is 216 g/mol. The van der Waals surface area contributed by atoms with Gasteiger partial charge in [-0.05, 0) is 42.4 Å². The highest BCUT2D eigenvalue weighted by atomic mass is 16.3. The van der Waals surface area contributed by atoms with Crippen LogP contribution in [0.15, 0.2) is 24.3 Å². The van der Waals surface area contributed by atoms with Gasteiger partial charge < -0.3 is 5.11 Å². The van der Waals surface area contributed by atoms with Crippen LogP contribution < -0.4 is 0 Å². The molecule has 0 bridgehead atoms. The van der Waals surface area contributed by atoms with Gasteiger partial charge in [0.1, 0.15) is 0 Å². The lowest BCUT2D eigenvalue weighted by atomic mass is 9.90. The third kappa shape index (κ3) is 2.53. The minimum Gasteiger partial charge on any atom is -0.393 e. The molecule has 0 spiro atoms. The zero-order valence-electron chi connectivity index (χ0n) is 9.95. The molecule has 1 nitrogen and oxygen atoms in total.